The summed E-state index contributed by atoms with van der Waals surface area (Å²) in [5, 5.41) is 8.13. The highest BCUT2D eigenvalue weighted by Gasteiger charge is 2.31. The molecule has 4 aromatic rings. The van der Waals surface area contributed by atoms with Crippen LogP contribution in [0.1, 0.15) is 24.4 Å². The van der Waals surface area contributed by atoms with Gasteiger partial charge < -0.3 is 5.32 Å². The molecule has 2 aromatic heterocycles. The van der Waals surface area contributed by atoms with E-state index in [1.807, 2.05) is 22.6 Å². The summed E-state index contributed by atoms with van der Waals surface area (Å²) in [7, 11) is -2.53. The molecule has 37 heavy (non-hydrogen) atoms. The number of nitrogens with two attached hydrogens (primary N) is 1. The van der Waals surface area contributed by atoms with Gasteiger partial charge in [-0.1, -0.05) is 0 Å². The van der Waals surface area contributed by atoms with Crippen molar-refractivity contribution in [2.45, 2.75) is 30.7 Å². The molecule has 0 saturated heterocycles. The van der Waals surface area contributed by atoms with Crippen molar-refractivity contribution >= 4 is 55.0 Å². The zero-order valence-electron chi connectivity index (χ0n) is 19.7. The van der Waals surface area contributed by atoms with Gasteiger partial charge in [-0.05, 0) is 84.8 Å². The van der Waals surface area contributed by atoms with Crippen LogP contribution in [0.25, 0.3) is 16.6 Å². The van der Waals surface area contributed by atoms with Crippen LogP contribution in [-0.4, -0.2) is 22.1 Å². The topological polar surface area (TPSA) is 138 Å². The standard InChI is InChI=1S/C24H21FIN5O5S/c1-12-20-19(21(29(2)22(12)32)28-18-10-3-13(26)11-17(18)25)23(33)31(15-4-5-15)24(34)30(20)14-6-8-16(9-7-14)37(27,35)36/h3,6-11,15,28H,4-5H2,1-2H3,(H2,27,35,36). The number of hydrogen-bond donors (Lipinski definition) is 2. The molecule has 5 rings (SSSR count). The Kier molecular flexibility index (Phi) is 6.11. The van der Waals surface area contributed by atoms with Crippen LogP contribution in [0.15, 0.2) is 61.7 Å². The van der Waals surface area contributed by atoms with Crippen molar-refractivity contribution in [2.75, 3.05) is 5.32 Å². The van der Waals surface area contributed by atoms with E-state index in [1.165, 1.54) is 59.5 Å². The van der Waals surface area contributed by atoms with E-state index >= 15 is 0 Å². The fourth-order valence-corrected chi connectivity index (χ4v) is 5.33. The van der Waals surface area contributed by atoms with E-state index in [1.54, 1.807) is 6.07 Å². The number of aryl methyl sites for hydroxylation is 1. The van der Waals surface area contributed by atoms with E-state index < -0.39 is 32.6 Å². The summed E-state index contributed by atoms with van der Waals surface area (Å²) >= 11 is 1.97. The van der Waals surface area contributed by atoms with Crippen LogP contribution in [0.4, 0.5) is 15.9 Å². The van der Waals surface area contributed by atoms with Crippen LogP contribution in [0.2, 0.25) is 0 Å². The van der Waals surface area contributed by atoms with Gasteiger partial charge in [-0.2, -0.15) is 0 Å². The third-order valence-corrected chi connectivity index (χ3v) is 7.96. The van der Waals surface area contributed by atoms with E-state index in [2.05, 4.69) is 5.32 Å². The molecule has 10 nitrogen and oxygen atoms in total. The van der Waals surface area contributed by atoms with Crippen LogP contribution >= 0.6 is 22.6 Å². The number of aromatic nitrogens is 3. The zero-order chi connectivity index (χ0) is 26.8. The lowest BCUT2D eigenvalue weighted by atomic mass is 10.1. The van der Waals surface area contributed by atoms with Crippen LogP contribution in [-0.2, 0) is 17.1 Å². The molecule has 0 spiro atoms. The van der Waals surface area contributed by atoms with Gasteiger partial charge in [-0.3, -0.25) is 23.3 Å². The summed E-state index contributed by atoms with van der Waals surface area (Å²) in [6, 6.07) is 9.40. The first-order valence-corrected chi connectivity index (χ1v) is 13.8. The number of primary sulfonamides is 1. The molecular formula is C24H21FIN5O5S. The Morgan fingerprint density at radius 2 is 1.70 bits per heavy atom. The molecule has 0 aliphatic heterocycles. The Labute approximate surface area is 223 Å². The second-order valence-electron chi connectivity index (χ2n) is 8.87. The van der Waals surface area contributed by atoms with Crippen molar-refractivity contribution in [1.29, 1.82) is 0 Å². The normalized spacial score (nSPS) is 13.8. The van der Waals surface area contributed by atoms with Gasteiger partial charge in [0.1, 0.15) is 17.0 Å². The Morgan fingerprint density at radius 1 is 1.05 bits per heavy atom. The minimum absolute atomic E-state index is 0.0274. The van der Waals surface area contributed by atoms with Gasteiger partial charge in [-0.25, -0.2) is 22.7 Å². The average Bonchev–Trinajstić information content (AvgIpc) is 3.66. The maximum Gasteiger partial charge on any atom is 0.336 e. The molecule has 1 aliphatic carbocycles. The van der Waals surface area contributed by atoms with Gasteiger partial charge >= 0.3 is 5.69 Å². The predicted molar refractivity (Wildman–Crippen MR) is 146 cm³/mol. The van der Waals surface area contributed by atoms with Crippen molar-refractivity contribution in [3.63, 3.8) is 0 Å². The first-order valence-electron chi connectivity index (χ1n) is 11.2. The molecule has 2 aromatic carbocycles. The summed E-state index contributed by atoms with van der Waals surface area (Å²) < 4.78 is 42.5. The number of rotatable bonds is 5. The Balaban J connectivity index is 1.91. The van der Waals surface area contributed by atoms with Crippen molar-refractivity contribution in [3.05, 3.63) is 88.6 Å². The van der Waals surface area contributed by atoms with Gasteiger partial charge in [0.25, 0.3) is 11.1 Å². The van der Waals surface area contributed by atoms with Crippen LogP contribution in [0, 0.1) is 16.3 Å². The van der Waals surface area contributed by atoms with Gasteiger partial charge in [0.15, 0.2) is 0 Å². The van der Waals surface area contributed by atoms with E-state index in [9.17, 15) is 27.2 Å². The lowest BCUT2D eigenvalue weighted by Gasteiger charge is -2.20. The van der Waals surface area contributed by atoms with E-state index in [4.69, 9.17) is 5.14 Å². The third kappa shape index (κ3) is 4.30. The van der Waals surface area contributed by atoms with Gasteiger partial charge in [0.2, 0.25) is 10.0 Å². The number of nitrogens with zero attached hydrogens (tertiary/aromatic N) is 3. The van der Waals surface area contributed by atoms with E-state index in [0.29, 0.717) is 16.4 Å². The first kappa shape index (κ1) is 25.4. The number of benzene rings is 2. The van der Waals surface area contributed by atoms with Crippen LogP contribution in [0.3, 0.4) is 0 Å². The van der Waals surface area contributed by atoms with Gasteiger partial charge in [0, 0.05) is 22.2 Å². The molecule has 13 heteroatoms. The fourth-order valence-electron chi connectivity index (χ4n) is 4.36. The first-order chi connectivity index (χ1) is 17.4. The summed E-state index contributed by atoms with van der Waals surface area (Å²) in [6.45, 7) is 1.50. The van der Waals surface area contributed by atoms with Crippen LogP contribution < -0.4 is 27.3 Å². The summed E-state index contributed by atoms with van der Waals surface area (Å²) in [4.78, 5) is 40.5. The van der Waals surface area contributed by atoms with Crippen molar-refractivity contribution in [3.8, 4) is 5.69 Å². The minimum Gasteiger partial charge on any atom is -0.338 e. The maximum absolute atomic E-state index is 14.8. The SMILES string of the molecule is Cc1c(=O)n(C)c(Nc2ccc(I)cc2F)c2c(=O)n(C3CC3)c(=O)n(-c3ccc(S(N)(=O)=O)cc3)c12. The molecule has 2 heterocycles. The molecular weight excluding hydrogens is 616 g/mol. The number of fused-ring (bicyclic) bond motifs is 1. The lowest BCUT2D eigenvalue weighted by Crippen LogP contribution is -2.41. The zero-order valence-corrected chi connectivity index (χ0v) is 22.6. The molecule has 0 radical (unpaired) electrons. The summed E-state index contributed by atoms with van der Waals surface area (Å²) in [5.74, 6) is -0.553. The second-order valence-corrected chi connectivity index (χ2v) is 11.7. The second kappa shape index (κ2) is 8.92. The van der Waals surface area contributed by atoms with Crippen molar-refractivity contribution in [1.82, 2.24) is 13.7 Å². The third-order valence-electron chi connectivity index (χ3n) is 6.36. The Hall–Kier alpha value is -3.30. The number of anilines is 2. The number of pyridine rings is 1. The molecule has 1 fully saturated rings. The molecule has 3 N–H and O–H groups in total. The molecule has 0 atom stereocenters. The number of sulfonamides is 1. The molecule has 0 amide bonds. The highest BCUT2D eigenvalue weighted by molar-refractivity contribution is 14.1. The smallest absolute Gasteiger partial charge is 0.336 e. The molecule has 0 bridgehead atoms. The van der Waals surface area contributed by atoms with E-state index in [-0.39, 0.29) is 44.6 Å². The Morgan fingerprint density at radius 3 is 2.27 bits per heavy atom. The van der Waals surface area contributed by atoms with Crippen molar-refractivity contribution in [2.24, 2.45) is 12.2 Å². The molecule has 0 unspecified atom stereocenters. The highest BCUT2D eigenvalue weighted by Crippen LogP contribution is 2.34. The predicted octanol–water partition coefficient (Wildman–Crippen LogP) is 2.63. The van der Waals surface area contributed by atoms with Gasteiger partial charge in [-0.15, -0.1) is 0 Å². The number of nitrogens with one attached hydrogen (secondary N) is 1. The monoisotopic (exact) mass is 637 g/mol. The number of halogens is 2. The molecule has 192 valence electrons. The van der Waals surface area contributed by atoms with E-state index in [0.717, 1.165) is 4.57 Å². The minimum atomic E-state index is -3.98. The Bertz CT molecular complexity index is 1890. The maximum atomic E-state index is 14.8. The average molecular weight is 637 g/mol. The number of hydrogen-bond acceptors (Lipinski definition) is 6. The summed E-state index contributed by atoms with van der Waals surface area (Å²) in [5.41, 5.74) is -1.31. The highest BCUT2D eigenvalue weighted by atomic mass is 127. The molecule has 1 aliphatic rings. The van der Waals surface area contributed by atoms with Gasteiger partial charge in [0.05, 0.1) is 21.8 Å². The van der Waals surface area contributed by atoms with Crippen molar-refractivity contribution < 1.29 is 12.8 Å². The largest absolute Gasteiger partial charge is 0.338 e. The van der Waals surface area contributed by atoms with Crippen LogP contribution in [0.5, 0.6) is 0 Å². The lowest BCUT2D eigenvalue weighted by molar-refractivity contribution is 0.597. The summed E-state index contributed by atoms with van der Waals surface area (Å²) in [6.07, 6.45) is 1.26. The fraction of sp³-hybridized carbons (Fsp3) is 0.208. The molecule has 1 saturated carbocycles. The quantitative estimate of drug-likeness (QED) is 0.323.